The molecule has 1 fully saturated rings. The maximum absolute atomic E-state index is 9.20. The highest BCUT2D eigenvalue weighted by Gasteiger charge is 2.31. The third-order valence-electron chi connectivity index (χ3n) is 3.04. The average Bonchev–Trinajstić information content (AvgIpc) is 3.17. The van der Waals surface area contributed by atoms with Gasteiger partial charge in [-0.25, -0.2) is 4.98 Å². The number of nitrogens with one attached hydrogen (secondary N) is 1. The Kier molecular flexibility index (Phi) is 3.42. The number of hydrogen-bond acceptors (Lipinski definition) is 8. The van der Waals surface area contributed by atoms with Crippen LogP contribution in [0.5, 0.6) is 0 Å². The molecule has 0 atom stereocenters. The highest BCUT2D eigenvalue weighted by molar-refractivity contribution is 5.41. The Balaban J connectivity index is 1.98. The van der Waals surface area contributed by atoms with E-state index < -0.39 is 0 Å². The van der Waals surface area contributed by atoms with Gasteiger partial charge in [0.2, 0.25) is 11.9 Å². The molecular weight excluding hydrogens is 260 g/mol. The summed E-state index contributed by atoms with van der Waals surface area (Å²) >= 11 is 0. The summed E-state index contributed by atoms with van der Waals surface area (Å²) in [5.41, 5.74) is 0. The molecule has 0 aromatic carbocycles. The van der Waals surface area contributed by atoms with Crippen molar-refractivity contribution < 1.29 is 5.11 Å². The Bertz CT molecular complexity index is 568. The van der Waals surface area contributed by atoms with Crippen LogP contribution in [0.25, 0.3) is 5.95 Å². The summed E-state index contributed by atoms with van der Waals surface area (Å²) in [7, 11) is 1.75. The third kappa shape index (κ3) is 2.52. The van der Waals surface area contributed by atoms with E-state index in [2.05, 4.69) is 30.4 Å². The monoisotopic (exact) mass is 276 g/mol. The van der Waals surface area contributed by atoms with Gasteiger partial charge >= 0.3 is 0 Å². The fourth-order valence-corrected chi connectivity index (χ4v) is 1.95. The molecule has 2 aromatic heterocycles. The number of hydrogen-bond donors (Lipinski definition) is 2. The molecule has 20 heavy (non-hydrogen) atoms. The quantitative estimate of drug-likeness (QED) is 0.724. The molecule has 0 aliphatic heterocycles. The van der Waals surface area contributed by atoms with Gasteiger partial charge in [0, 0.05) is 19.6 Å². The SMILES string of the molecule is CNc1nc(N(CCO)C2CC2)nc(-n2cncn2)n1. The Hall–Kier alpha value is -2.29. The first kappa shape index (κ1) is 12.7. The predicted octanol–water partition coefficient (Wildman–Crippen LogP) is -0.545. The lowest BCUT2D eigenvalue weighted by Crippen LogP contribution is -2.31. The zero-order valence-corrected chi connectivity index (χ0v) is 11.1. The van der Waals surface area contributed by atoms with E-state index >= 15 is 0 Å². The maximum Gasteiger partial charge on any atom is 0.258 e. The van der Waals surface area contributed by atoms with Crippen molar-refractivity contribution in [2.45, 2.75) is 18.9 Å². The summed E-state index contributed by atoms with van der Waals surface area (Å²) in [5.74, 6) is 1.41. The van der Waals surface area contributed by atoms with Crippen molar-refractivity contribution in [3.63, 3.8) is 0 Å². The van der Waals surface area contributed by atoms with Gasteiger partial charge in [0.25, 0.3) is 5.95 Å². The number of aliphatic hydroxyl groups excluding tert-OH is 1. The van der Waals surface area contributed by atoms with Crippen LogP contribution >= 0.6 is 0 Å². The highest BCUT2D eigenvalue weighted by Crippen LogP contribution is 2.29. The molecule has 1 aliphatic carbocycles. The number of aromatic nitrogens is 6. The van der Waals surface area contributed by atoms with E-state index in [9.17, 15) is 5.11 Å². The molecule has 9 nitrogen and oxygen atoms in total. The maximum atomic E-state index is 9.20. The van der Waals surface area contributed by atoms with Crippen molar-refractivity contribution >= 4 is 11.9 Å². The minimum Gasteiger partial charge on any atom is -0.395 e. The molecule has 9 heteroatoms. The van der Waals surface area contributed by atoms with Gasteiger partial charge in [0.1, 0.15) is 12.7 Å². The molecule has 0 bridgehead atoms. The molecule has 2 heterocycles. The molecular formula is C11H16N8O. The Morgan fingerprint density at radius 3 is 2.85 bits per heavy atom. The highest BCUT2D eigenvalue weighted by atomic mass is 16.3. The van der Waals surface area contributed by atoms with Crippen molar-refractivity contribution in [2.24, 2.45) is 0 Å². The minimum atomic E-state index is 0.0652. The first-order chi connectivity index (χ1) is 9.81. The summed E-state index contributed by atoms with van der Waals surface area (Å²) in [6.07, 6.45) is 5.15. The molecule has 1 aliphatic rings. The van der Waals surface area contributed by atoms with Gasteiger partial charge in [0.15, 0.2) is 0 Å². The van der Waals surface area contributed by atoms with Crippen LogP contribution in [0.1, 0.15) is 12.8 Å². The van der Waals surface area contributed by atoms with Crippen LogP contribution in [-0.4, -0.2) is 61.1 Å². The molecule has 0 saturated heterocycles. The number of rotatable bonds is 6. The first-order valence-corrected chi connectivity index (χ1v) is 6.48. The van der Waals surface area contributed by atoms with E-state index in [1.165, 1.54) is 17.3 Å². The van der Waals surface area contributed by atoms with E-state index in [0.29, 0.717) is 30.4 Å². The Labute approximate surface area is 115 Å². The van der Waals surface area contributed by atoms with Gasteiger partial charge in [-0.2, -0.15) is 24.7 Å². The zero-order chi connectivity index (χ0) is 13.9. The van der Waals surface area contributed by atoms with Crippen LogP contribution in [0.4, 0.5) is 11.9 Å². The van der Waals surface area contributed by atoms with Crippen molar-refractivity contribution in [3.05, 3.63) is 12.7 Å². The van der Waals surface area contributed by atoms with Crippen LogP contribution in [0.15, 0.2) is 12.7 Å². The van der Waals surface area contributed by atoms with Gasteiger partial charge in [0.05, 0.1) is 6.61 Å². The number of aliphatic hydroxyl groups is 1. The number of anilines is 2. The van der Waals surface area contributed by atoms with Crippen molar-refractivity contribution in [1.29, 1.82) is 0 Å². The van der Waals surface area contributed by atoms with Gasteiger partial charge in [-0.3, -0.25) is 0 Å². The lowest BCUT2D eigenvalue weighted by Gasteiger charge is -2.21. The smallest absolute Gasteiger partial charge is 0.258 e. The summed E-state index contributed by atoms with van der Waals surface area (Å²) in [6.45, 7) is 0.574. The molecule has 3 rings (SSSR count). The van der Waals surface area contributed by atoms with Crippen LogP contribution in [0, 0.1) is 0 Å². The van der Waals surface area contributed by atoms with Crippen molar-refractivity contribution in [3.8, 4) is 5.95 Å². The molecule has 2 aromatic rings. The summed E-state index contributed by atoms with van der Waals surface area (Å²) in [4.78, 5) is 18.9. The first-order valence-electron chi connectivity index (χ1n) is 6.48. The fourth-order valence-electron chi connectivity index (χ4n) is 1.95. The normalized spacial score (nSPS) is 14.3. The molecule has 2 N–H and O–H groups in total. The number of nitrogens with zero attached hydrogens (tertiary/aromatic N) is 7. The largest absolute Gasteiger partial charge is 0.395 e. The van der Waals surface area contributed by atoms with E-state index in [1.54, 1.807) is 7.05 Å². The molecule has 0 amide bonds. The van der Waals surface area contributed by atoms with Crippen molar-refractivity contribution in [1.82, 2.24) is 29.7 Å². The summed E-state index contributed by atoms with van der Waals surface area (Å²) in [6, 6.07) is 0.401. The lowest BCUT2D eigenvalue weighted by atomic mass is 10.5. The Morgan fingerprint density at radius 2 is 2.25 bits per heavy atom. The Morgan fingerprint density at radius 1 is 1.40 bits per heavy atom. The topological polar surface area (TPSA) is 105 Å². The van der Waals surface area contributed by atoms with Crippen LogP contribution in [0.3, 0.4) is 0 Å². The van der Waals surface area contributed by atoms with Crippen LogP contribution in [0.2, 0.25) is 0 Å². The van der Waals surface area contributed by atoms with Crippen LogP contribution < -0.4 is 10.2 Å². The van der Waals surface area contributed by atoms with Crippen LogP contribution in [-0.2, 0) is 0 Å². The molecule has 0 spiro atoms. The summed E-state index contributed by atoms with van der Waals surface area (Å²) < 4.78 is 1.48. The zero-order valence-electron chi connectivity index (χ0n) is 11.1. The van der Waals surface area contributed by atoms with E-state index in [-0.39, 0.29) is 6.61 Å². The second-order valence-electron chi connectivity index (χ2n) is 4.50. The minimum absolute atomic E-state index is 0.0652. The van der Waals surface area contributed by atoms with Gasteiger partial charge in [-0.05, 0) is 12.8 Å². The average molecular weight is 276 g/mol. The molecule has 0 radical (unpaired) electrons. The van der Waals surface area contributed by atoms with Gasteiger partial charge < -0.3 is 15.3 Å². The van der Waals surface area contributed by atoms with E-state index in [0.717, 1.165) is 12.8 Å². The van der Waals surface area contributed by atoms with Gasteiger partial charge in [-0.15, -0.1) is 0 Å². The lowest BCUT2D eigenvalue weighted by molar-refractivity contribution is 0.300. The second kappa shape index (κ2) is 5.37. The van der Waals surface area contributed by atoms with E-state index in [1.807, 2.05) is 4.90 Å². The molecule has 106 valence electrons. The molecule has 1 saturated carbocycles. The molecule has 0 unspecified atom stereocenters. The second-order valence-corrected chi connectivity index (χ2v) is 4.50. The van der Waals surface area contributed by atoms with E-state index in [4.69, 9.17) is 0 Å². The van der Waals surface area contributed by atoms with Gasteiger partial charge in [-0.1, -0.05) is 0 Å². The summed E-state index contributed by atoms with van der Waals surface area (Å²) in [5, 5.41) is 16.1. The van der Waals surface area contributed by atoms with Crippen molar-refractivity contribution in [2.75, 3.05) is 30.4 Å². The third-order valence-corrected chi connectivity index (χ3v) is 3.04. The fraction of sp³-hybridized carbons (Fsp3) is 0.545. The standard InChI is InChI=1S/C11H16N8O/c1-12-9-15-10(18(4-5-20)8-2-3-8)17-11(16-9)19-7-13-6-14-19/h6-8,20H,2-5H2,1H3,(H,12,15,16,17). The predicted molar refractivity (Wildman–Crippen MR) is 71.7 cm³/mol.